The van der Waals surface area contributed by atoms with E-state index in [1.54, 1.807) is 21.3 Å². The molecule has 0 radical (unpaired) electrons. The fourth-order valence-electron chi connectivity index (χ4n) is 4.52. The molecule has 27 heavy (non-hydrogen) atoms. The molecule has 0 aliphatic carbocycles. The van der Waals surface area contributed by atoms with E-state index in [-0.39, 0.29) is 16.7 Å². The summed E-state index contributed by atoms with van der Waals surface area (Å²) >= 11 is 0. The zero-order valence-corrected chi connectivity index (χ0v) is 16.9. The number of sulfonamides is 1. The van der Waals surface area contributed by atoms with Gasteiger partial charge < -0.3 is 9.64 Å². The summed E-state index contributed by atoms with van der Waals surface area (Å²) in [6, 6.07) is 5.23. The van der Waals surface area contributed by atoms with Gasteiger partial charge in [0.1, 0.15) is 6.10 Å². The van der Waals surface area contributed by atoms with Crippen LogP contribution in [0.5, 0.6) is 0 Å². The van der Waals surface area contributed by atoms with Crippen LogP contribution >= 0.6 is 0 Å². The van der Waals surface area contributed by atoms with Gasteiger partial charge in [-0.25, -0.2) is 8.42 Å². The molecule has 4 rings (SSSR count). The van der Waals surface area contributed by atoms with Crippen LogP contribution in [0.15, 0.2) is 23.1 Å². The second kappa shape index (κ2) is 7.18. The minimum atomic E-state index is -3.49. The van der Waals surface area contributed by atoms with Gasteiger partial charge in [-0.05, 0) is 55.2 Å². The number of ether oxygens (including phenoxy) is 1. The molecule has 1 aromatic rings. The Morgan fingerprint density at radius 1 is 1.19 bits per heavy atom. The van der Waals surface area contributed by atoms with Crippen molar-refractivity contribution in [3.8, 4) is 0 Å². The molecular weight excluding hydrogens is 364 g/mol. The third-order valence-corrected chi connectivity index (χ3v) is 8.05. The lowest BCUT2D eigenvalue weighted by Crippen LogP contribution is -2.42. The number of nitrogens with zero attached hydrogens (tertiary/aromatic N) is 2. The second-order valence-electron chi connectivity index (χ2n) is 8.13. The van der Waals surface area contributed by atoms with Crippen LogP contribution in [0.4, 0.5) is 5.69 Å². The van der Waals surface area contributed by atoms with Crippen molar-refractivity contribution in [2.24, 2.45) is 11.8 Å². The van der Waals surface area contributed by atoms with Crippen LogP contribution in [0.1, 0.15) is 38.7 Å². The predicted octanol–water partition coefficient (Wildman–Crippen LogP) is 2.42. The van der Waals surface area contributed by atoms with Crippen molar-refractivity contribution >= 4 is 21.6 Å². The Morgan fingerprint density at radius 2 is 1.93 bits per heavy atom. The molecular formula is C20H28N2O4S. The fraction of sp³-hybridized carbons (Fsp3) is 0.650. The van der Waals surface area contributed by atoms with Gasteiger partial charge in [-0.3, -0.25) is 4.79 Å². The van der Waals surface area contributed by atoms with Gasteiger partial charge in [0.05, 0.1) is 4.90 Å². The molecule has 3 aliphatic rings. The van der Waals surface area contributed by atoms with E-state index in [1.165, 1.54) is 0 Å². The van der Waals surface area contributed by atoms with Crippen LogP contribution in [0.25, 0.3) is 0 Å². The average molecular weight is 393 g/mol. The summed E-state index contributed by atoms with van der Waals surface area (Å²) in [4.78, 5) is 15.2. The first-order valence-corrected chi connectivity index (χ1v) is 11.4. The quantitative estimate of drug-likeness (QED) is 0.789. The molecule has 0 N–H and O–H groups in total. The molecule has 3 heterocycles. The Balaban J connectivity index is 1.62. The maximum atomic E-state index is 13.2. The summed E-state index contributed by atoms with van der Waals surface area (Å²) in [6.45, 7) is 6.61. The van der Waals surface area contributed by atoms with E-state index in [4.69, 9.17) is 4.74 Å². The van der Waals surface area contributed by atoms with E-state index in [9.17, 15) is 13.2 Å². The van der Waals surface area contributed by atoms with Crippen molar-refractivity contribution < 1.29 is 17.9 Å². The highest BCUT2D eigenvalue weighted by Gasteiger charge is 2.40. The Labute approximate surface area is 161 Å². The summed E-state index contributed by atoms with van der Waals surface area (Å²) in [5.74, 6) is 0.573. The van der Waals surface area contributed by atoms with E-state index in [0.717, 1.165) is 36.9 Å². The topological polar surface area (TPSA) is 66.9 Å². The zero-order valence-electron chi connectivity index (χ0n) is 16.1. The van der Waals surface area contributed by atoms with Crippen molar-refractivity contribution in [1.82, 2.24) is 4.31 Å². The van der Waals surface area contributed by atoms with Gasteiger partial charge >= 0.3 is 0 Å². The first-order chi connectivity index (χ1) is 12.9. The molecule has 148 valence electrons. The molecule has 2 fully saturated rings. The molecule has 0 saturated carbocycles. The summed E-state index contributed by atoms with van der Waals surface area (Å²) in [6.07, 6.45) is 3.05. The lowest BCUT2D eigenvalue weighted by molar-refractivity contribution is -0.129. The Hall–Kier alpha value is -1.44. The number of anilines is 1. The molecule has 0 spiro atoms. The molecule has 2 saturated heterocycles. The number of fused-ring (bicyclic) bond motifs is 1. The Bertz CT molecular complexity index is 830. The van der Waals surface area contributed by atoms with E-state index in [0.29, 0.717) is 32.2 Å². The summed E-state index contributed by atoms with van der Waals surface area (Å²) < 4.78 is 33.1. The maximum Gasteiger partial charge on any atom is 0.256 e. The maximum absolute atomic E-state index is 13.2. The molecule has 3 aliphatic heterocycles. The van der Waals surface area contributed by atoms with Crippen molar-refractivity contribution in [2.45, 2.75) is 50.5 Å². The van der Waals surface area contributed by atoms with Gasteiger partial charge in [0.25, 0.3) is 5.91 Å². The van der Waals surface area contributed by atoms with Crippen LogP contribution < -0.4 is 4.90 Å². The van der Waals surface area contributed by atoms with Gasteiger partial charge in [-0.2, -0.15) is 4.31 Å². The first kappa shape index (κ1) is 18.9. The SMILES string of the molecule is CC(C)[C@H]1CCO[C@H]1C(=O)N1CCc2ccc(S(=O)(=O)N3CCCC3)cc21. The molecule has 7 heteroatoms. The van der Waals surface area contributed by atoms with Crippen LogP contribution in [0.3, 0.4) is 0 Å². The van der Waals surface area contributed by atoms with E-state index in [2.05, 4.69) is 13.8 Å². The third-order valence-electron chi connectivity index (χ3n) is 6.16. The number of benzene rings is 1. The Morgan fingerprint density at radius 3 is 2.63 bits per heavy atom. The molecule has 6 nitrogen and oxygen atoms in total. The van der Waals surface area contributed by atoms with Gasteiger partial charge in [-0.15, -0.1) is 0 Å². The molecule has 0 unspecified atom stereocenters. The van der Waals surface area contributed by atoms with Gasteiger partial charge in [0.15, 0.2) is 0 Å². The van der Waals surface area contributed by atoms with E-state index >= 15 is 0 Å². The summed E-state index contributed by atoms with van der Waals surface area (Å²) in [5.41, 5.74) is 1.76. The van der Waals surface area contributed by atoms with Gasteiger partial charge in [-0.1, -0.05) is 19.9 Å². The van der Waals surface area contributed by atoms with Crippen molar-refractivity contribution in [2.75, 3.05) is 31.1 Å². The normalized spacial score (nSPS) is 26.1. The average Bonchev–Trinajstić information content (AvgIpc) is 3.40. The lowest BCUT2D eigenvalue weighted by atomic mass is 9.89. The smallest absolute Gasteiger partial charge is 0.256 e. The standard InChI is InChI=1S/C20H28N2O4S/c1-14(2)17-8-12-26-19(17)20(23)22-11-7-15-5-6-16(13-18(15)22)27(24,25)21-9-3-4-10-21/h5-6,13-14,17,19H,3-4,7-12H2,1-2H3/t17-,19-/m1/s1. The number of hydrogen-bond donors (Lipinski definition) is 0. The van der Waals surface area contributed by atoms with Crippen molar-refractivity contribution in [3.05, 3.63) is 23.8 Å². The van der Waals surface area contributed by atoms with Crippen molar-refractivity contribution in [1.29, 1.82) is 0 Å². The van der Waals surface area contributed by atoms with Gasteiger partial charge in [0.2, 0.25) is 10.0 Å². The largest absolute Gasteiger partial charge is 0.368 e. The predicted molar refractivity (Wildman–Crippen MR) is 103 cm³/mol. The molecule has 0 aromatic heterocycles. The van der Waals surface area contributed by atoms with Crippen LogP contribution in [-0.4, -0.2) is 51.0 Å². The highest BCUT2D eigenvalue weighted by Crippen LogP contribution is 2.36. The second-order valence-corrected chi connectivity index (χ2v) is 10.1. The first-order valence-electron chi connectivity index (χ1n) is 9.95. The van der Waals surface area contributed by atoms with Crippen LogP contribution in [0.2, 0.25) is 0 Å². The fourth-order valence-corrected chi connectivity index (χ4v) is 6.06. The number of amides is 1. The zero-order chi connectivity index (χ0) is 19.2. The summed E-state index contributed by atoms with van der Waals surface area (Å²) in [5, 5.41) is 0. The van der Waals surface area contributed by atoms with Crippen LogP contribution in [-0.2, 0) is 26.0 Å². The molecule has 0 bridgehead atoms. The minimum Gasteiger partial charge on any atom is -0.368 e. The lowest BCUT2D eigenvalue weighted by Gasteiger charge is -2.26. The monoisotopic (exact) mass is 392 g/mol. The van der Waals surface area contributed by atoms with Gasteiger partial charge in [0, 0.05) is 31.9 Å². The third kappa shape index (κ3) is 3.30. The summed E-state index contributed by atoms with van der Waals surface area (Å²) in [7, 11) is -3.49. The number of carbonyl (C=O) groups excluding carboxylic acids is 1. The number of rotatable bonds is 4. The van der Waals surface area contributed by atoms with Crippen molar-refractivity contribution in [3.63, 3.8) is 0 Å². The molecule has 1 amide bonds. The number of hydrogen-bond acceptors (Lipinski definition) is 4. The molecule has 2 atom stereocenters. The highest BCUT2D eigenvalue weighted by molar-refractivity contribution is 7.89. The van der Waals surface area contributed by atoms with E-state index < -0.39 is 16.1 Å². The van der Waals surface area contributed by atoms with Crippen LogP contribution in [0, 0.1) is 11.8 Å². The Kier molecular flexibility index (Phi) is 5.03. The van der Waals surface area contributed by atoms with E-state index in [1.807, 2.05) is 6.07 Å². The minimum absolute atomic E-state index is 0.0272. The molecule has 1 aromatic carbocycles. The number of carbonyl (C=O) groups is 1. The highest BCUT2D eigenvalue weighted by atomic mass is 32.2.